The van der Waals surface area contributed by atoms with Crippen molar-refractivity contribution in [2.45, 2.75) is 39.5 Å². The summed E-state index contributed by atoms with van der Waals surface area (Å²) in [7, 11) is 1.79. The zero-order valence-corrected chi connectivity index (χ0v) is 19.3. The lowest BCUT2D eigenvalue weighted by atomic mass is 10.1. The van der Waals surface area contributed by atoms with E-state index in [0.717, 1.165) is 55.7 Å². The fraction of sp³-hybridized carbons (Fsp3) is 0.480. The van der Waals surface area contributed by atoms with Crippen LogP contribution in [0.25, 0.3) is 0 Å². The second-order valence-electron chi connectivity index (χ2n) is 8.14. The molecule has 1 saturated heterocycles. The van der Waals surface area contributed by atoms with Gasteiger partial charge in [-0.2, -0.15) is 0 Å². The van der Waals surface area contributed by atoms with Gasteiger partial charge in [-0.1, -0.05) is 18.2 Å². The number of aliphatic imine (C=N–C) groups is 1. The summed E-state index contributed by atoms with van der Waals surface area (Å²) in [6, 6.07) is 12.7. The number of morpholine rings is 1. The van der Waals surface area contributed by atoms with E-state index in [9.17, 15) is 0 Å². The van der Waals surface area contributed by atoms with Crippen molar-refractivity contribution in [1.29, 1.82) is 0 Å². The topological polar surface area (TPSA) is 67.4 Å². The Morgan fingerprint density at radius 3 is 2.62 bits per heavy atom. The van der Waals surface area contributed by atoms with Gasteiger partial charge in [0, 0.05) is 56.5 Å². The van der Waals surface area contributed by atoms with E-state index in [2.05, 4.69) is 63.8 Å². The number of fused-ring (bicyclic) bond motifs is 1. The van der Waals surface area contributed by atoms with Crippen LogP contribution < -0.4 is 25.0 Å². The van der Waals surface area contributed by atoms with E-state index in [1.54, 1.807) is 7.05 Å². The summed E-state index contributed by atoms with van der Waals surface area (Å²) in [5.41, 5.74) is 4.78. The first-order valence-electron chi connectivity index (χ1n) is 11.5. The molecule has 0 bridgehead atoms. The molecular weight excluding hydrogens is 404 g/mol. The average Bonchev–Trinajstić information content (AvgIpc) is 3.19. The normalized spacial score (nSPS) is 18.2. The Kier molecular flexibility index (Phi) is 7.37. The van der Waals surface area contributed by atoms with Crippen LogP contribution in [-0.2, 0) is 24.2 Å². The van der Waals surface area contributed by atoms with Gasteiger partial charge in [0.1, 0.15) is 17.6 Å². The summed E-state index contributed by atoms with van der Waals surface area (Å²) < 4.78 is 17.4. The third kappa shape index (κ3) is 5.27. The van der Waals surface area contributed by atoms with Gasteiger partial charge < -0.3 is 29.7 Å². The third-order valence-corrected chi connectivity index (χ3v) is 5.84. The summed E-state index contributed by atoms with van der Waals surface area (Å²) in [5, 5.41) is 6.88. The quantitative estimate of drug-likeness (QED) is 0.512. The van der Waals surface area contributed by atoms with Gasteiger partial charge in [-0.15, -0.1) is 0 Å². The highest BCUT2D eigenvalue weighted by atomic mass is 16.5. The summed E-state index contributed by atoms with van der Waals surface area (Å²) >= 11 is 0. The van der Waals surface area contributed by atoms with E-state index in [1.165, 1.54) is 16.8 Å². The maximum Gasteiger partial charge on any atom is 0.191 e. The Labute approximate surface area is 190 Å². The number of anilines is 1. The molecule has 2 aromatic carbocycles. The van der Waals surface area contributed by atoms with Crippen molar-refractivity contribution in [3.8, 4) is 11.5 Å². The van der Waals surface area contributed by atoms with Gasteiger partial charge in [0.2, 0.25) is 0 Å². The molecule has 0 aliphatic carbocycles. The van der Waals surface area contributed by atoms with Crippen molar-refractivity contribution < 1.29 is 14.2 Å². The molecular formula is C25H34N4O3. The molecule has 1 fully saturated rings. The number of hydrogen-bond acceptors (Lipinski definition) is 5. The number of ether oxygens (including phenoxy) is 3. The van der Waals surface area contributed by atoms with Crippen LogP contribution in [0, 0.1) is 0 Å². The highest BCUT2D eigenvalue weighted by Gasteiger charge is 2.22. The Balaban J connectivity index is 1.40. The molecule has 0 saturated carbocycles. The molecule has 7 heteroatoms. The van der Waals surface area contributed by atoms with Crippen LogP contribution >= 0.6 is 0 Å². The highest BCUT2D eigenvalue weighted by Crippen LogP contribution is 2.35. The van der Waals surface area contributed by atoms with Gasteiger partial charge in [0.25, 0.3) is 0 Å². The van der Waals surface area contributed by atoms with Gasteiger partial charge in [-0.3, -0.25) is 4.99 Å². The number of guanidine groups is 1. The molecule has 0 radical (unpaired) electrons. The number of rotatable bonds is 7. The van der Waals surface area contributed by atoms with Gasteiger partial charge in [-0.25, -0.2) is 0 Å². The molecule has 0 spiro atoms. The number of benzene rings is 2. The Bertz CT molecular complexity index is 941. The lowest BCUT2D eigenvalue weighted by Gasteiger charge is -2.30. The predicted octanol–water partition coefficient (Wildman–Crippen LogP) is 3.11. The maximum absolute atomic E-state index is 5.95. The van der Waals surface area contributed by atoms with E-state index in [1.807, 2.05) is 6.92 Å². The van der Waals surface area contributed by atoms with Gasteiger partial charge in [0.05, 0.1) is 19.8 Å². The lowest BCUT2D eigenvalue weighted by Crippen LogP contribution is -2.39. The molecule has 4 rings (SSSR count). The first-order chi connectivity index (χ1) is 15.7. The summed E-state index contributed by atoms with van der Waals surface area (Å²) in [6.07, 6.45) is 1.14. The number of para-hydroxylation sites is 1. The molecule has 2 heterocycles. The second-order valence-corrected chi connectivity index (χ2v) is 8.14. The first-order valence-corrected chi connectivity index (χ1v) is 11.5. The molecule has 1 unspecified atom stereocenters. The SMILES string of the molecule is CCOc1cc2c(cc1CNC(=NC)NCc1ccccc1N1CCOCC1)OC(C)C2. The van der Waals surface area contributed by atoms with Crippen LogP contribution in [0.15, 0.2) is 41.4 Å². The number of hydrogen-bond donors (Lipinski definition) is 2. The average molecular weight is 439 g/mol. The fourth-order valence-corrected chi connectivity index (χ4v) is 4.26. The minimum atomic E-state index is 0.212. The van der Waals surface area contributed by atoms with E-state index in [0.29, 0.717) is 19.7 Å². The number of nitrogens with zero attached hydrogens (tertiary/aromatic N) is 2. The van der Waals surface area contributed by atoms with E-state index in [-0.39, 0.29) is 6.10 Å². The first kappa shape index (κ1) is 22.3. The van der Waals surface area contributed by atoms with Crippen molar-refractivity contribution >= 4 is 11.6 Å². The molecule has 0 aromatic heterocycles. The molecule has 2 aliphatic rings. The van der Waals surface area contributed by atoms with E-state index in [4.69, 9.17) is 14.2 Å². The van der Waals surface area contributed by atoms with Gasteiger partial charge in [-0.05, 0) is 37.6 Å². The van der Waals surface area contributed by atoms with Crippen LogP contribution in [-0.4, -0.2) is 52.0 Å². The molecule has 2 aromatic rings. The van der Waals surface area contributed by atoms with Crippen LogP contribution in [0.3, 0.4) is 0 Å². The Morgan fingerprint density at radius 1 is 1.12 bits per heavy atom. The van der Waals surface area contributed by atoms with Crippen molar-refractivity contribution in [2.75, 3.05) is 44.9 Å². The van der Waals surface area contributed by atoms with E-state index >= 15 is 0 Å². The standard InChI is InChI=1S/C25H34N4O3/c1-4-31-23-14-20-13-18(2)32-24(20)15-21(23)17-28-25(26-3)27-16-19-7-5-6-8-22(19)29-9-11-30-12-10-29/h5-8,14-15,18H,4,9-13,16-17H2,1-3H3,(H2,26,27,28). The van der Waals surface area contributed by atoms with Crippen LogP contribution in [0.1, 0.15) is 30.5 Å². The van der Waals surface area contributed by atoms with Gasteiger partial charge >= 0.3 is 0 Å². The molecule has 1 atom stereocenters. The largest absolute Gasteiger partial charge is 0.494 e. The van der Waals surface area contributed by atoms with Crippen LogP contribution in [0.4, 0.5) is 5.69 Å². The Morgan fingerprint density at radius 2 is 1.88 bits per heavy atom. The summed E-state index contributed by atoms with van der Waals surface area (Å²) in [5.74, 6) is 2.61. The molecule has 0 amide bonds. The van der Waals surface area contributed by atoms with Crippen molar-refractivity contribution in [1.82, 2.24) is 10.6 Å². The molecule has 32 heavy (non-hydrogen) atoms. The minimum absolute atomic E-state index is 0.212. The van der Waals surface area contributed by atoms with E-state index < -0.39 is 0 Å². The highest BCUT2D eigenvalue weighted by molar-refractivity contribution is 5.80. The van der Waals surface area contributed by atoms with Gasteiger partial charge in [0.15, 0.2) is 5.96 Å². The zero-order chi connectivity index (χ0) is 22.3. The molecule has 2 N–H and O–H groups in total. The summed E-state index contributed by atoms with van der Waals surface area (Å²) in [4.78, 5) is 6.79. The molecule has 172 valence electrons. The number of nitrogens with one attached hydrogen (secondary N) is 2. The monoisotopic (exact) mass is 438 g/mol. The van der Waals surface area contributed by atoms with Crippen LogP contribution in [0.2, 0.25) is 0 Å². The Hall–Kier alpha value is -2.93. The fourth-order valence-electron chi connectivity index (χ4n) is 4.26. The maximum atomic E-state index is 5.95. The third-order valence-electron chi connectivity index (χ3n) is 5.84. The lowest BCUT2D eigenvalue weighted by molar-refractivity contribution is 0.122. The van der Waals surface area contributed by atoms with Crippen LogP contribution in [0.5, 0.6) is 11.5 Å². The second kappa shape index (κ2) is 10.6. The van der Waals surface area contributed by atoms with Crippen molar-refractivity contribution in [3.05, 3.63) is 53.1 Å². The molecule has 7 nitrogen and oxygen atoms in total. The smallest absolute Gasteiger partial charge is 0.191 e. The predicted molar refractivity (Wildman–Crippen MR) is 128 cm³/mol. The minimum Gasteiger partial charge on any atom is -0.494 e. The summed E-state index contributed by atoms with van der Waals surface area (Å²) in [6.45, 7) is 9.42. The zero-order valence-electron chi connectivity index (χ0n) is 19.3. The molecule has 2 aliphatic heterocycles. The van der Waals surface area contributed by atoms with Crippen molar-refractivity contribution in [2.24, 2.45) is 4.99 Å². The van der Waals surface area contributed by atoms with Crippen molar-refractivity contribution in [3.63, 3.8) is 0 Å².